The number of carbonyl (C=O) groups is 2. The van der Waals surface area contributed by atoms with Crippen LogP contribution in [0.5, 0.6) is 0 Å². The number of hydrogen-bond acceptors (Lipinski definition) is 8. The van der Waals surface area contributed by atoms with Crippen molar-refractivity contribution in [3.8, 4) is 0 Å². The summed E-state index contributed by atoms with van der Waals surface area (Å²) in [5.41, 5.74) is 0. The molecule has 0 saturated carbocycles. The molecule has 0 rings (SSSR count). The Morgan fingerprint density at radius 2 is 0.810 bits per heavy atom. The van der Waals surface area contributed by atoms with Gasteiger partial charge in [-0.25, -0.2) is 0 Å². The Bertz CT molecular complexity index is 1080. The summed E-state index contributed by atoms with van der Waals surface area (Å²) in [7, 11) is 1.18. The number of ether oxygens (including phenoxy) is 2. The van der Waals surface area contributed by atoms with Crippen LogP contribution in [0.15, 0.2) is 12.2 Å². The largest absolute Gasteiger partial charge is 0.756 e. The maximum absolute atomic E-state index is 12.8. The molecule has 0 saturated heterocycles. The Hall–Kier alpha value is -1.25. The number of esters is 2. The van der Waals surface area contributed by atoms with Crippen LogP contribution in [0.4, 0.5) is 0 Å². The maximum Gasteiger partial charge on any atom is 0.306 e. The summed E-state index contributed by atoms with van der Waals surface area (Å²) in [4.78, 5) is 37.7. The summed E-state index contributed by atoms with van der Waals surface area (Å²) in [6.45, 7) is 4.28. The van der Waals surface area contributed by atoms with Gasteiger partial charge in [0.15, 0.2) is 6.10 Å². The predicted octanol–water partition coefficient (Wildman–Crippen LogP) is 15.5. The lowest BCUT2D eigenvalue weighted by molar-refractivity contribution is -0.870. The Labute approximate surface area is 390 Å². The summed E-state index contributed by atoms with van der Waals surface area (Å²) in [6, 6.07) is 0. The maximum atomic E-state index is 12.8. The highest BCUT2D eigenvalue weighted by molar-refractivity contribution is 7.45. The molecule has 0 aliphatic carbocycles. The van der Waals surface area contributed by atoms with Crippen LogP contribution in [-0.4, -0.2) is 70.0 Å². The van der Waals surface area contributed by atoms with Gasteiger partial charge in [-0.2, -0.15) is 0 Å². The fraction of sp³-hybridized carbons (Fsp3) is 0.925. The average molecular weight is 914 g/mol. The lowest BCUT2D eigenvalue weighted by Gasteiger charge is -2.28. The summed E-state index contributed by atoms with van der Waals surface area (Å²) >= 11 is 0. The zero-order valence-corrected chi connectivity index (χ0v) is 43.2. The van der Waals surface area contributed by atoms with Crippen LogP contribution < -0.4 is 4.89 Å². The molecule has 0 amide bonds. The van der Waals surface area contributed by atoms with Crippen molar-refractivity contribution in [2.45, 2.75) is 270 Å². The predicted molar refractivity (Wildman–Crippen MR) is 264 cm³/mol. The second-order valence-corrected chi connectivity index (χ2v) is 21.0. The fourth-order valence-corrected chi connectivity index (χ4v) is 8.56. The first-order valence-electron chi connectivity index (χ1n) is 26.9. The quantitative estimate of drug-likeness (QED) is 0.0195. The van der Waals surface area contributed by atoms with Gasteiger partial charge in [0.25, 0.3) is 7.82 Å². The molecule has 0 heterocycles. The van der Waals surface area contributed by atoms with Crippen molar-refractivity contribution in [1.82, 2.24) is 0 Å². The number of likely N-dealkylation sites (N-methyl/N-ethyl adjacent to an activating group) is 1. The molecule has 2 atom stereocenters. The molecule has 0 N–H and O–H groups in total. The van der Waals surface area contributed by atoms with Crippen LogP contribution in [0, 0.1) is 0 Å². The number of quaternary nitrogens is 1. The lowest BCUT2D eigenvalue weighted by atomic mass is 10.0. The molecule has 0 bridgehead atoms. The monoisotopic (exact) mass is 914 g/mol. The standard InChI is InChI=1S/C53H104NO8P/c1-6-8-10-12-14-16-18-20-22-24-25-26-27-28-30-32-34-36-38-40-42-44-46-53(56)62-51(50-61-63(57,58)60-48-47-54(3,4)5)49-59-52(55)45-43-41-39-37-35-33-31-29-23-21-19-17-15-13-11-9-7-2/h21,23,51H,6-20,22,24-50H2,1-5H3/b23-21+/t51-/m1/s1. The molecule has 0 aromatic heterocycles. The van der Waals surface area contributed by atoms with Crippen LogP contribution in [0.1, 0.15) is 264 Å². The van der Waals surface area contributed by atoms with Gasteiger partial charge in [-0.05, 0) is 38.5 Å². The Kier molecular flexibility index (Phi) is 45.0. The van der Waals surface area contributed by atoms with Gasteiger partial charge in [0.2, 0.25) is 0 Å². The summed E-state index contributed by atoms with van der Waals surface area (Å²) < 4.78 is 34.1. The van der Waals surface area contributed by atoms with Crippen LogP contribution in [-0.2, 0) is 32.7 Å². The van der Waals surface area contributed by atoms with Crippen molar-refractivity contribution in [2.75, 3.05) is 47.5 Å². The van der Waals surface area contributed by atoms with Gasteiger partial charge in [-0.1, -0.05) is 225 Å². The Balaban J connectivity index is 4.18. The van der Waals surface area contributed by atoms with E-state index in [0.717, 1.165) is 38.5 Å². The van der Waals surface area contributed by atoms with E-state index in [1.165, 1.54) is 193 Å². The number of unbranched alkanes of at least 4 members (excludes halogenated alkanes) is 34. The van der Waals surface area contributed by atoms with Gasteiger partial charge in [-0.15, -0.1) is 0 Å². The molecule has 0 aromatic carbocycles. The molecule has 0 fully saturated rings. The van der Waals surface area contributed by atoms with Crippen molar-refractivity contribution in [2.24, 2.45) is 0 Å². The number of rotatable bonds is 50. The van der Waals surface area contributed by atoms with E-state index >= 15 is 0 Å². The van der Waals surface area contributed by atoms with Crippen LogP contribution in [0.2, 0.25) is 0 Å². The van der Waals surface area contributed by atoms with E-state index in [-0.39, 0.29) is 32.0 Å². The number of hydrogen-bond donors (Lipinski definition) is 0. The fourth-order valence-electron chi connectivity index (χ4n) is 7.83. The van der Waals surface area contributed by atoms with Gasteiger partial charge in [0.1, 0.15) is 19.8 Å². The van der Waals surface area contributed by atoms with Gasteiger partial charge >= 0.3 is 11.9 Å². The van der Waals surface area contributed by atoms with Crippen molar-refractivity contribution in [3.63, 3.8) is 0 Å². The van der Waals surface area contributed by atoms with E-state index in [0.29, 0.717) is 17.4 Å². The Morgan fingerprint density at radius 1 is 0.476 bits per heavy atom. The molecule has 9 nitrogen and oxygen atoms in total. The molecular weight excluding hydrogens is 810 g/mol. The number of allylic oxidation sites excluding steroid dienone is 2. The number of nitrogens with zero attached hydrogens (tertiary/aromatic N) is 1. The summed E-state index contributed by atoms with van der Waals surface area (Å²) in [5, 5.41) is 0. The highest BCUT2D eigenvalue weighted by atomic mass is 31.2. The third-order valence-electron chi connectivity index (χ3n) is 12.0. The second kappa shape index (κ2) is 45.9. The van der Waals surface area contributed by atoms with E-state index in [4.69, 9.17) is 18.5 Å². The van der Waals surface area contributed by atoms with Crippen LogP contribution >= 0.6 is 7.82 Å². The number of phosphoric ester groups is 1. The van der Waals surface area contributed by atoms with Gasteiger partial charge in [-0.3, -0.25) is 14.2 Å². The number of carbonyl (C=O) groups excluding carboxylic acids is 2. The molecule has 0 aromatic rings. The SMILES string of the molecule is CCCCCCCC/C=C/CCCCCCCCCC(=O)OC[C@H](COP(=O)([O-])OCC[N+](C)(C)C)OC(=O)CCCCCCCCCCCCCCCCCCCCCCCC. The highest BCUT2D eigenvalue weighted by Gasteiger charge is 2.21. The molecule has 63 heavy (non-hydrogen) atoms. The zero-order valence-electron chi connectivity index (χ0n) is 42.3. The van der Waals surface area contributed by atoms with Crippen LogP contribution in [0.25, 0.3) is 0 Å². The molecule has 0 aliphatic rings. The smallest absolute Gasteiger partial charge is 0.306 e. The molecule has 10 heteroatoms. The first kappa shape index (κ1) is 61.8. The van der Waals surface area contributed by atoms with Crippen molar-refractivity contribution in [1.29, 1.82) is 0 Å². The van der Waals surface area contributed by atoms with E-state index in [1.807, 2.05) is 21.1 Å². The van der Waals surface area contributed by atoms with Gasteiger partial charge < -0.3 is 27.9 Å². The minimum absolute atomic E-state index is 0.0279. The molecule has 374 valence electrons. The summed E-state index contributed by atoms with van der Waals surface area (Å²) in [6.07, 6.45) is 51.0. The van der Waals surface area contributed by atoms with Gasteiger partial charge in [0.05, 0.1) is 27.7 Å². The van der Waals surface area contributed by atoms with Gasteiger partial charge in [0, 0.05) is 12.8 Å². The van der Waals surface area contributed by atoms with E-state index < -0.39 is 26.5 Å². The Morgan fingerprint density at radius 3 is 1.17 bits per heavy atom. The molecule has 0 aliphatic heterocycles. The van der Waals surface area contributed by atoms with E-state index in [1.54, 1.807) is 0 Å². The highest BCUT2D eigenvalue weighted by Crippen LogP contribution is 2.38. The molecule has 0 radical (unpaired) electrons. The second-order valence-electron chi connectivity index (χ2n) is 19.6. The minimum Gasteiger partial charge on any atom is -0.756 e. The van der Waals surface area contributed by atoms with E-state index in [9.17, 15) is 19.0 Å². The third kappa shape index (κ3) is 50.0. The van der Waals surface area contributed by atoms with Crippen molar-refractivity contribution < 1.29 is 42.1 Å². The normalized spacial score (nSPS) is 13.4. The molecule has 0 spiro atoms. The minimum atomic E-state index is -4.63. The topological polar surface area (TPSA) is 111 Å². The van der Waals surface area contributed by atoms with Crippen LogP contribution in [0.3, 0.4) is 0 Å². The zero-order chi connectivity index (χ0) is 46.4. The average Bonchev–Trinajstić information content (AvgIpc) is 3.24. The lowest BCUT2D eigenvalue weighted by Crippen LogP contribution is -2.37. The summed E-state index contributed by atoms with van der Waals surface area (Å²) in [5.74, 6) is -0.823. The van der Waals surface area contributed by atoms with E-state index in [2.05, 4.69) is 26.0 Å². The first-order chi connectivity index (χ1) is 30.5. The van der Waals surface area contributed by atoms with Crippen molar-refractivity contribution >= 4 is 19.8 Å². The first-order valence-corrected chi connectivity index (χ1v) is 28.4. The molecule has 1 unspecified atom stereocenters. The third-order valence-corrected chi connectivity index (χ3v) is 13.0. The van der Waals surface area contributed by atoms with Crippen molar-refractivity contribution in [3.05, 3.63) is 12.2 Å². The number of phosphoric acid groups is 1. The molecular formula is C53H104NO8P.